The highest BCUT2D eigenvalue weighted by Gasteiger charge is 2.38. The molecule has 0 aromatic rings. The number of alkyl halides is 1. The third-order valence-electron chi connectivity index (χ3n) is 2.88. The van der Waals surface area contributed by atoms with Crippen LogP contribution in [0.15, 0.2) is 0 Å². The summed E-state index contributed by atoms with van der Waals surface area (Å²) in [5.74, 6) is 2.10. The fourth-order valence-corrected chi connectivity index (χ4v) is 3.77. The van der Waals surface area contributed by atoms with Gasteiger partial charge in [-0.2, -0.15) is 0 Å². The first-order chi connectivity index (χ1) is 4.75. The van der Waals surface area contributed by atoms with E-state index in [2.05, 4.69) is 34.5 Å². The minimum absolute atomic E-state index is 0.987. The molecule has 2 fully saturated rings. The van der Waals surface area contributed by atoms with Crippen molar-refractivity contribution in [2.75, 3.05) is 20.1 Å². The molecule has 58 valence electrons. The molecule has 0 aromatic heterocycles. The molecule has 1 aliphatic heterocycles. The van der Waals surface area contributed by atoms with Gasteiger partial charge in [0.2, 0.25) is 0 Å². The largest absolute Gasteiger partial charge is 0.306 e. The maximum atomic E-state index is 2.61. The molecule has 2 unspecified atom stereocenters. The molecule has 1 aliphatic carbocycles. The molecule has 2 heteroatoms. The van der Waals surface area contributed by atoms with Crippen molar-refractivity contribution in [3.05, 3.63) is 0 Å². The zero-order valence-corrected chi connectivity index (χ0v) is 8.54. The van der Waals surface area contributed by atoms with E-state index >= 15 is 0 Å². The van der Waals surface area contributed by atoms with E-state index in [1.54, 1.807) is 0 Å². The predicted octanol–water partition coefficient (Wildman–Crippen LogP) is 1.76. The van der Waals surface area contributed by atoms with Gasteiger partial charge in [-0.3, -0.25) is 0 Å². The molecule has 1 saturated heterocycles. The summed E-state index contributed by atoms with van der Waals surface area (Å²) in [6.07, 6.45) is 2.96. The molecule has 0 amide bonds. The number of hydrogen-bond acceptors (Lipinski definition) is 1. The van der Waals surface area contributed by atoms with Crippen LogP contribution in [0.25, 0.3) is 0 Å². The summed E-state index contributed by atoms with van der Waals surface area (Å²) in [5.41, 5.74) is 0. The van der Waals surface area contributed by atoms with Crippen LogP contribution in [0.4, 0.5) is 0 Å². The molecule has 2 aliphatic rings. The van der Waals surface area contributed by atoms with E-state index in [0.717, 1.165) is 15.8 Å². The highest BCUT2D eigenvalue weighted by atomic mass is 127. The van der Waals surface area contributed by atoms with E-state index < -0.39 is 0 Å². The van der Waals surface area contributed by atoms with Crippen molar-refractivity contribution in [2.45, 2.75) is 16.8 Å². The first-order valence-electron chi connectivity index (χ1n) is 4.08. The number of fused-ring (bicyclic) bond motifs is 1. The standard InChI is InChI=1S/C8H14IN/c1-10-4-6-2-8(9)3-7(6)5-10/h6-8H,2-5H2,1H3/t6-,7?,8?/m1/s1. The fourth-order valence-electron chi connectivity index (χ4n) is 2.46. The van der Waals surface area contributed by atoms with Crippen molar-refractivity contribution < 1.29 is 0 Å². The average Bonchev–Trinajstić information content (AvgIpc) is 2.21. The predicted molar refractivity (Wildman–Crippen MR) is 51.5 cm³/mol. The van der Waals surface area contributed by atoms with Gasteiger partial charge in [-0.1, -0.05) is 22.6 Å². The minimum atomic E-state index is 0.987. The molecular formula is C8H14IN. The minimum Gasteiger partial charge on any atom is -0.306 e. The second kappa shape index (κ2) is 2.63. The van der Waals surface area contributed by atoms with Crippen LogP contribution in [0, 0.1) is 11.8 Å². The van der Waals surface area contributed by atoms with Crippen molar-refractivity contribution in [3.63, 3.8) is 0 Å². The molecule has 1 nitrogen and oxygen atoms in total. The Balaban J connectivity index is 2.00. The Kier molecular flexibility index (Phi) is 1.93. The number of rotatable bonds is 0. The third-order valence-corrected chi connectivity index (χ3v) is 3.89. The quantitative estimate of drug-likeness (QED) is 0.468. The number of likely N-dealkylation sites (tertiary alicyclic amines) is 1. The molecule has 0 aromatic carbocycles. The van der Waals surface area contributed by atoms with Gasteiger partial charge in [-0.05, 0) is 31.7 Å². The van der Waals surface area contributed by atoms with Crippen molar-refractivity contribution in [2.24, 2.45) is 11.8 Å². The fraction of sp³-hybridized carbons (Fsp3) is 1.00. The van der Waals surface area contributed by atoms with Crippen molar-refractivity contribution >= 4 is 22.6 Å². The van der Waals surface area contributed by atoms with Gasteiger partial charge in [-0.15, -0.1) is 0 Å². The Morgan fingerprint density at radius 3 is 2.20 bits per heavy atom. The second-order valence-corrected chi connectivity index (χ2v) is 5.57. The van der Waals surface area contributed by atoms with Crippen LogP contribution in [0.1, 0.15) is 12.8 Å². The maximum Gasteiger partial charge on any atom is 0.0116 e. The Morgan fingerprint density at radius 1 is 1.20 bits per heavy atom. The van der Waals surface area contributed by atoms with Crippen LogP contribution >= 0.6 is 22.6 Å². The van der Waals surface area contributed by atoms with Crippen LogP contribution in [0.3, 0.4) is 0 Å². The van der Waals surface area contributed by atoms with E-state index in [1.165, 1.54) is 25.9 Å². The molecule has 10 heavy (non-hydrogen) atoms. The lowest BCUT2D eigenvalue weighted by molar-refractivity contribution is 0.381. The molecule has 0 spiro atoms. The topological polar surface area (TPSA) is 3.24 Å². The second-order valence-electron chi connectivity index (χ2n) is 3.81. The van der Waals surface area contributed by atoms with Crippen molar-refractivity contribution in [1.82, 2.24) is 4.90 Å². The molecule has 2 rings (SSSR count). The Bertz CT molecular complexity index is 109. The van der Waals surface area contributed by atoms with Crippen LogP contribution < -0.4 is 0 Å². The summed E-state index contributed by atoms with van der Waals surface area (Å²) >= 11 is 2.61. The maximum absolute atomic E-state index is 2.61. The molecule has 3 atom stereocenters. The lowest BCUT2D eigenvalue weighted by Gasteiger charge is -2.09. The summed E-state index contributed by atoms with van der Waals surface area (Å²) < 4.78 is 0.987. The van der Waals surface area contributed by atoms with Crippen LogP contribution in [0.5, 0.6) is 0 Å². The van der Waals surface area contributed by atoms with Gasteiger partial charge < -0.3 is 4.90 Å². The van der Waals surface area contributed by atoms with E-state index in [9.17, 15) is 0 Å². The Labute approximate surface area is 76.3 Å². The summed E-state index contributed by atoms with van der Waals surface area (Å²) in [6, 6.07) is 0. The summed E-state index contributed by atoms with van der Waals surface area (Å²) in [7, 11) is 2.25. The zero-order valence-electron chi connectivity index (χ0n) is 6.39. The monoisotopic (exact) mass is 251 g/mol. The van der Waals surface area contributed by atoms with Crippen LogP contribution in [0.2, 0.25) is 0 Å². The first kappa shape index (κ1) is 7.35. The van der Waals surface area contributed by atoms with E-state index in [0.29, 0.717) is 0 Å². The number of nitrogens with zero attached hydrogens (tertiary/aromatic N) is 1. The van der Waals surface area contributed by atoms with Crippen LogP contribution in [-0.4, -0.2) is 29.0 Å². The van der Waals surface area contributed by atoms with E-state index in [-0.39, 0.29) is 0 Å². The third kappa shape index (κ3) is 1.20. The number of hydrogen-bond donors (Lipinski definition) is 0. The highest BCUT2D eigenvalue weighted by Crippen LogP contribution is 2.40. The van der Waals surface area contributed by atoms with E-state index in [4.69, 9.17) is 0 Å². The van der Waals surface area contributed by atoms with Crippen LogP contribution in [-0.2, 0) is 0 Å². The smallest absolute Gasteiger partial charge is 0.0116 e. The number of halogens is 1. The average molecular weight is 251 g/mol. The van der Waals surface area contributed by atoms with Gasteiger partial charge in [-0.25, -0.2) is 0 Å². The molecular weight excluding hydrogens is 237 g/mol. The molecule has 0 radical (unpaired) electrons. The Morgan fingerprint density at radius 2 is 1.70 bits per heavy atom. The summed E-state index contributed by atoms with van der Waals surface area (Å²) in [4.78, 5) is 2.48. The van der Waals surface area contributed by atoms with Crippen molar-refractivity contribution in [1.29, 1.82) is 0 Å². The van der Waals surface area contributed by atoms with Gasteiger partial charge in [0.15, 0.2) is 0 Å². The summed E-state index contributed by atoms with van der Waals surface area (Å²) in [5, 5.41) is 0. The van der Waals surface area contributed by atoms with Gasteiger partial charge in [0, 0.05) is 17.0 Å². The van der Waals surface area contributed by atoms with Gasteiger partial charge in [0.05, 0.1) is 0 Å². The zero-order chi connectivity index (χ0) is 7.14. The molecule has 1 saturated carbocycles. The summed E-state index contributed by atoms with van der Waals surface area (Å²) in [6.45, 7) is 2.73. The van der Waals surface area contributed by atoms with E-state index in [1.807, 2.05) is 0 Å². The van der Waals surface area contributed by atoms with Gasteiger partial charge in [0.25, 0.3) is 0 Å². The normalized spacial score (nSPS) is 48.0. The lowest BCUT2D eigenvalue weighted by Crippen LogP contribution is -2.16. The van der Waals surface area contributed by atoms with Crippen molar-refractivity contribution in [3.8, 4) is 0 Å². The van der Waals surface area contributed by atoms with Gasteiger partial charge >= 0.3 is 0 Å². The highest BCUT2D eigenvalue weighted by molar-refractivity contribution is 14.1. The first-order valence-corrected chi connectivity index (χ1v) is 5.33. The Hall–Kier alpha value is 0.690. The molecule has 1 heterocycles. The molecule has 0 N–H and O–H groups in total. The molecule has 0 bridgehead atoms. The SMILES string of the molecule is CN1CC2CC(I)C[C@@H]2C1. The lowest BCUT2D eigenvalue weighted by atomic mass is 10.0. The van der Waals surface area contributed by atoms with Gasteiger partial charge in [0.1, 0.15) is 0 Å².